The fraction of sp³-hybridized carbons (Fsp3) is 0.250. The molecule has 20 heavy (non-hydrogen) atoms. The SMILES string of the molecule is OC(CNc1ccccc1I)COCc1ccccc1. The summed E-state index contributed by atoms with van der Waals surface area (Å²) in [5, 5.41) is 13.1. The molecule has 1 unspecified atom stereocenters. The Balaban J connectivity index is 1.68. The van der Waals surface area contributed by atoms with Crippen LogP contribution in [0.4, 0.5) is 5.69 Å². The van der Waals surface area contributed by atoms with Crippen molar-refractivity contribution < 1.29 is 9.84 Å². The second-order valence-corrected chi connectivity index (χ2v) is 5.68. The standard InChI is InChI=1S/C16H18INO2/c17-15-8-4-5-9-16(15)18-10-14(19)12-20-11-13-6-2-1-3-7-13/h1-9,14,18-19H,10-12H2. The smallest absolute Gasteiger partial charge is 0.0945 e. The minimum Gasteiger partial charge on any atom is -0.389 e. The average molecular weight is 383 g/mol. The van der Waals surface area contributed by atoms with E-state index < -0.39 is 6.10 Å². The van der Waals surface area contributed by atoms with Crippen LogP contribution in [0.1, 0.15) is 5.56 Å². The molecule has 2 rings (SSSR count). The largest absolute Gasteiger partial charge is 0.389 e. The Bertz CT molecular complexity index is 519. The monoisotopic (exact) mass is 383 g/mol. The number of nitrogens with one attached hydrogen (secondary N) is 1. The number of hydrogen-bond donors (Lipinski definition) is 2. The lowest BCUT2D eigenvalue weighted by molar-refractivity contribution is 0.0348. The molecule has 0 fully saturated rings. The molecule has 0 amide bonds. The summed E-state index contributed by atoms with van der Waals surface area (Å²) in [4.78, 5) is 0. The maximum Gasteiger partial charge on any atom is 0.0945 e. The highest BCUT2D eigenvalue weighted by molar-refractivity contribution is 14.1. The Labute approximate surface area is 133 Å². The maximum absolute atomic E-state index is 9.89. The number of halogens is 1. The lowest BCUT2D eigenvalue weighted by atomic mass is 10.2. The van der Waals surface area contributed by atoms with Gasteiger partial charge in [0.15, 0.2) is 0 Å². The first-order valence-electron chi connectivity index (χ1n) is 6.54. The van der Waals surface area contributed by atoms with Gasteiger partial charge in [0.25, 0.3) is 0 Å². The van der Waals surface area contributed by atoms with Crippen molar-refractivity contribution in [3.05, 3.63) is 63.7 Å². The van der Waals surface area contributed by atoms with E-state index in [1.165, 1.54) is 0 Å². The van der Waals surface area contributed by atoms with E-state index in [9.17, 15) is 5.11 Å². The number of hydrogen-bond acceptors (Lipinski definition) is 3. The third-order valence-electron chi connectivity index (χ3n) is 2.82. The molecule has 2 aromatic carbocycles. The van der Waals surface area contributed by atoms with E-state index in [-0.39, 0.29) is 0 Å². The first-order chi connectivity index (χ1) is 9.75. The van der Waals surface area contributed by atoms with Gasteiger partial charge in [0, 0.05) is 15.8 Å². The summed E-state index contributed by atoms with van der Waals surface area (Å²) in [7, 11) is 0. The van der Waals surface area contributed by atoms with Crippen molar-refractivity contribution in [2.24, 2.45) is 0 Å². The lowest BCUT2D eigenvalue weighted by Gasteiger charge is -2.14. The molecule has 0 aliphatic rings. The highest BCUT2D eigenvalue weighted by Gasteiger charge is 2.05. The predicted molar refractivity (Wildman–Crippen MR) is 89.8 cm³/mol. The van der Waals surface area contributed by atoms with Gasteiger partial charge < -0.3 is 15.2 Å². The molecule has 0 saturated heterocycles. The molecule has 0 radical (unpaired) electrons. The third kappa shape index (κ3) is 5.11. The summed E-state index contributed by atoms with van der Waals surface area (Å²) >= 11 is 2.27. The highest BCUT2D eigenvalue weighted by atomic mass is 127. The van der Waals surface area contributed by atoms with E-state index in [2.05, 4.69) is 27.9 Å². The van der Waals surface area contributed by atoms with E-state index >= 15 is 0 Å². The van der Waals surface area contributed by atoms with E-state index in [1.54, 1.807) is 0 Å². The molecule has 0 aromatic heterocycles. The maximum atomic E-state index is 9.89. The zero-order valence-electron chi connectivity index (χ0n) is 11.1. The van der Waals surface area contributed by atoms with Crippen molar-refractivity contribution in [3.63, 3.8) is 0 Å². The molecule has 3 nitrogen and oxygen atoms in total. The number of para-hydroxylation sites is 1. The van der Waals surface area contributed by atoms with Crippen molar-refractivity contribution in [2.75, 3.05) is 18.5 Å². The number of benzene rings is 2. The molecule has 0 aliphatic heterocycles. The summed E-state index contributed by atoms with van der Waals surface area (Å²) in [6.45, 7) is 1.33. The zero-order chi connectivity index (χ0) is 14.2. The molecule has 4 heteroatoms. The summed E-state index contributed by atoms with van der Waals surface area (Å²) in [6.07, 6.45) is -0.519. The molecule has 0 spiro atoms. The van der Waals surface area contributed by atoms with Crippen LogP contribution in [0.5, 0.6) is 0 Å². The molecular weight excluding hydrogens is 365 g/mol. The van der Waals surface area contributed by atoms with Gasteiger partial charge >= 0.3 is 0 Å². The van der Waals surface area contributed by atoms with Crippen molar-refractivity contribution in [1.82, 2.24) is 0 Å². The number of aliphatic hydroxyl groups is 1. The Kier molecular flexibility index (Phi) is 6.29. The van der Waals surface area contributed by atoms with Crippen LogP contribution in [0.25, 0.3) is 0 Å². The van der Waals surface area contributed by atoms with Gasteiger partial charge in [-0.3, -0.25) is 0 Å². The second-order valence-electron chi connectivity index (χ2n) is 4.52. The van der Waals surface area contributed by atoms with Gasteiger partial charge in [-0.15, -0.1) is 0 Å². The molecule has 2 aromatic rings. The van der Waals surface area contributed by atoms with Gasteiger partial charge in [-0.25, -0.2) is 0 Å². The van der Waals surface area contributed by atoms with Crippen molar-refractivity contribution >= 4 is 28.3 Å². The lowest BCUT2D eigenvalue weighted by Crippen LogP contribution is -2.25. The van der Waals surface area contributed by atoms with E-state index in [4.69, 9.17) is 4.74 Å². The molecule has 0 aliphatic carbocycles. The third-order valence-corrected chi connectivity index (χ3v) is 3.76. The van der Waals surface area contributed by atoms with Crippen LogP contribution in [0.2, 0.25) is 0 Å². The Morgan fingerprint density at radius 1 is 1.05 bits per heavy atom. The van der Waals surface area contributed by atoms with Crippen LogP contribution in [0.15, 0.2) is 54.6 Å². The number of aliphatic hydroxyl groups excluding tert-OH is 1. The Morgan fingerprint density at radius 3 is 2.50 bits per heavy atom. The molecule has 1 atom stereocenters. The number of ether oxygens (including phenoxy) is 1. The van der Waals surface area contributed by atoms with Gasteiger partial charge in [0.2, 0.25) is 0 Å². The zero-order valence-corrected chi connectivity index (χ0v) is 13.3. The molecule has 0 bridgehead atoms. The average Bonchev–Trinajstić information content (AvgIpc) is 2.47. The van der Waals surface area contributed by atoms with Gasteiger partial charge in [-0.05, 0) is 40.3 Å². The fourth-order valence-corrected chi connectivity index (χ4v) is 2.36. The van der Waals surface area contributed by atoms with Crippen molar-refractivity contribution in [3.8, 4) is 0 Å². The molecule has 0 heterocycles. The van der Waals surface area contributed by atoms with Crippen LogP contribution < -0.4 is 5.32 Å². The molecule has 2 N–H and O–H groups in total. The summed E-state index contributed by atoms with van der Waals surface area (Å²) < 4.78 is 6.65. The Morgan fingerprint density at radius 2 is 1.75 bits per heavy atom. The van der Waals surface area contributed by atoms with E-state index in [0.29, 0.717) is 19.8 Å². The normalized spacial score (nSPS) is 12.1. The molecule has 106 valence electrons. The van der Waals surface area contributed by atoms with Crippen LogP contribution in [-0.2, 0) is 11.3 Å². The molecular formula is C16H18INO2. The van der Waals surface area contributed by atoms with Crippen molar-refractivity contribution in [1.29, 1.82) is 0 Å². The summed E-state index contributed by atoms with van der Waals surface area (Å²) in [5.74, 6) is 0. The summed E-state index contributed by atoms with van der Waals surface area (Å²) in [5.41, 5.74) is 2.15. The second kappa shape index (κ2) is 8.24. The first-order valence-corrected chi connectivity index (χ1v) is 7.61. The predicted octanol–water partition coefficient (Wildman–Crippen LogP) is 3.28. The van der Waals surface area contributed by atoms with Gasteiger partial charge in [-0.2, -0.15) is 0 Å². The first kappa shape index (κ1) is 15.3. The van der Waals surface area contributed by atoms with Gasteiger partial charge in [0.05, 0.1) is 19.3 Å². The van der Waals surface area contributed by atoms with E-state index in [0.717, 1.165) is 14.8 Å². The van der Waals surface area contributed by atoms with Crippen LogP contribution in [-0.4, -0.2) is 24.4 Å². The fourth-order valence-electron chi connectivity index (χ4n) is 1.78. The topological polar surface area (TPSA) is 41.5 Å². The van der Waals surface area contributed by atoms with Gasteiger partial charge in [0.1, 0.15) is 0 Å². The quantitative estimate of drug-likeness (QED) is 0.722. The Hall–Kier alpha value is -1.11. The van der Waals surface area contributed by atoms with Crippen LogP contribution >= 0.6 is 22.6 Å². The highest BCUT2D eigenvalue weighted by Crippen LogP contribution is 2.16. The van der Waals surface area contributed by atoms with Crippen LogP contribution in [0, 0.1) is 3.57 Å². The van der Waals surface area contributed by atoms with Crippen molar-refractivity contribution in [2.45, 2.75) is 12.7 Å². The minimum absolute atomic E-state index is 0.325. The number of anilines is 1. The van der Waals surface area contributed by atoms with E-state index in [1.807, 2.05) is 54.6 Å². The summed E-state index contributed by atoms with van der Waals surface area (Å²) in [6, 6.07) is 18.0. The van der Waals surface area contributed by atoms with Gasteiger partial charge in [-0.1, -0.05) is 42.5 Å². The molecule has 0 saturated carbocycles. The number of rotatable bonds is 7. The van der Waals surface area contributed by atoms with Crippen LogP contribution in [0.3, 0.4) is 0 Å². The minimum atomic E-state index is -0.519.